The summed E-state index contributed by atoms with van der Waals surface area (Å²) in [6.45, 7) is 0. The zero-order chi connectivity index (χ0) is 14.5. The molecule has 0 radical (unpaired) electrons. The molecular weight excluding hydrogens is 301 g/mol. The number of anilines is 1. The number of hydrogen-bond donors (Lipinski definition) is 1. The molecule has 7 heteroatoms. The van der Waals surface area contributed by atoms with E-state index in [4.69, 9.17) is 27.9 Å². The molecule has 104 valence electrons. The van der Waals surface area contributed by atoms with Crippen molar-refractivity contribution in [3.05, 3.63) is 46.1 Å². The highest BCUT2D eigenvalue weighted by atomic mass is 35.5. The maximum absolute atomic E-state index is 11.9. The molecule has 0 bridgehead atoms. The standard InChI is InChI=1S/C13H11Cl2N3O2/c1-20-12-7-10(15)16-13(18-12)17-11(19)6-8-3-2-4-9(14)5-8/h2-5,7H,6H2,1H3,(H,16,17,18,19). The van der Waals surface area contributed by atoms with Gasteiger partial charge in [-0.05, 0) is 17.7 Å². The van der Waals surface area contributed by atoms with Crippen LogP contribution in [0.2, 0.25) is 10.2 Å². The van der Waals surface area contributed by atoms with Crippen LogP contribution < -0.4 is 10.1 Å². The number of carbonyl (C=O) groups excluding carboxylic acids is 1. The maximum atomic E-state index is 11.9. The summed E-state index contributed by atoms with van der Waals surface area (Å²) in [6.07, 6.45) is 0.165. The number of halogens is 2. The molecule has 2 rings (SSSR count). The third-order valence-corrected chi connectivity index (χ3v) is 2.81. The number of aromatic nitrogens is 2. The van der Waals surface area contributed by atoms with Gasteiger partial charge >= 0.3 is 0 Å². The molecular formula is C13H11Cl2N3O2. The lowest BCUT2D eigenvalue weighted by molar-refractivity contribution is -0.115. The number of nitrogens with one attached hydrogen (secondary N) is 1. The Morgan fingerprint density at radius 2 is 2.10 bits per heavy atom. The molecule has 0 aliphatic rings. The van der Waals surface area contributed by atoms with Crippen LogP contribution in [0.15, 0.2) is 30.3 Å². The van der Waals surface area contributed by atoms with Crippen molar-refractivity contribution in [2.24, 2.45) is 0 Å². The molecule has 1 heterocycles. The molecule has 0 aliphatic carbocycles. The molecule has 20 heavy (non-hydrogen) atoms. The van der Waals surface area contributed by atoms with E-state index >= 15 is 0 Å². The van der Waals surface area contributed by atoms with Gasteiger partial charge in [0.15, 0.2) is 0 Å². The minimum atomic E-state index is -0.267. The molecule has 1 amide bonds. The van der Waals surface area contributed by atoms with E-state index in [1.807, 2.05) is 6.07 Å². The highest BCUT2D eigenvalue weighted by molar-refractivity contribution is 6.30. The number of carbonyl (C=O) groups is 1. The summed E-state index contributed by atoms with van der Waals surface area (Å²) in [5, 5.41) is 3.33. The number of methoxy groups -OCH3 is 1. The Morgan fingerprint density at radius 1 is 1.30 bits per heavy atom. The predicted octanol–water partition coefficient (Wildman–Crippen LogP) is 2.97. The van der Waals surface area contributed by atoms with E-state index in [1.165, 1.54) is 13.2 Å². The van der Waals surface area contributed by atoms with Crippen molar-refractivity contribution < 1.29 is 9.53 Å². The van der Waals surface area contributed by atoms with Gasteiger partial charge in [0.1, 0.15) is 5.15 Å². The Hall–Kier alpha value is -1.85. The first-order chi connectivity index (χ1) is 9.56. The highest BCUT2D eigenvalue weighted by Gasteiger charge is 2.09. The van der Waals surface area contributed by atoms with Gasteiger partial charge in [-0.15, -0.1) is 0 Å². The average Bonchev–Trinajstić information content (AvgIpc) is 2.37. The Morgan fingerprint density at radius 3 is 2.80 bits per heavy atom. The van der Waals surface area contributed by atoms with Crippen molar-refractivity contribution in [2.45, 2.75) is 6.42 Å². The number of amides is 1. The van der Waals surface area contributed by atoms with Crippen LogP contribution in [0.4, 0.5) is 5.95 Å². The quantitative estimate of drug-likeness (QED) is 0.882. The zero-order valence-electron chi connectivity index (χ0n) is 10.6. The normalized spacial score (nSPS) is 10.2. The van der Waals surface area contributed by atoms with E-state index in [0.717, 1.165) is 5.56 Å². The fourth-order valence-corrected chi connectivity index (χ4v) is 1.94. The van der Waals surface area contributed by atoms with Gasteiger partial charge in [-0.1, -0.05) is 35.3 Å². The van der Waals surface area contributed by atoms with Gasteiger partial charge in [-0.2, -0.15) is 4.98 Å². The third kappa shape index (κ3) is 4.08. The van der Waals surface area contributed by atoms with Crippen LogP contribution in [0.5, 0.6) is 5.88 Å². The van der Waals surface area contributed by atoms with Crippen LogP contribution in [0, 0.1) is 0 Å². The topological polar surface area (TPSA) is 64.1 Å². The van der Waals surface area contributed by atoms with E-state index in [9.17, 15) is 4.79 Å². The van der Waals surface area contributed by atoms with Gasteiger partial charge in [-0.25, -0.2) is 4.98 Å². The number of rotatable bonds is 4. The van der Waals surface area contributed by atoms with Crippen molar-refractivity contribution in [2.75, 3.05) is 12.4 Å². The molecule has 0 unspecified atom stereocenters. The van der Waals surface area contributed by atoms with E-state index in [-0.39, 0.29) is 29.3 Å². The number of benzene rings is 1. The Kier molecular flexibility index (Phi) is 4.76. The smallest absolute Gasteiger partial charge is 0.234 e. The van der Waals surface area contributed by atoms with Crippen molar-refractivity contribution in [3.63, 3.8) is 0 Å². The predicted molar refractivity (Wildman–Crippen MR) is 77.4 cm³/mol. The molecule has 1 aromatic carbocycles. The van der Waals surface area contributed by atoms with Crippen LogP contribution in [-0.2, 0) is 11.2 Å². The summed E-state index contributed by atoms with van der Waals surface area (Å²) in [6, 6.07) is 8.51. The maximum Gasteiger partial charge on any atom is 0.234 e. The van der Waals surface area contributed by atoms with Crippen LogP contribution in [0.25, 0.3) is 0 Å². The SMILES string of the molecule is COc1cc(Cl)nc(NC(=O)Cc2cccc(Cl)c2)n1. The molecule has 0 aliphatic heterocycles. The lowest BCUT2D eigenvalue weighted by atomic mass is 10.1. The molecule has 0 saturated heterocycles. The van der Waals surface area contributed by atoms with E-state index in [1.54, 1.807) is 18.2 Å². The van der Waals surface area contributed by atoms with E-state index < -0.39 is 0 Å². The van der Waals surface area contributed by atoms with Crippen molar-refractivity contribution in [1.29, 1.82) is 0 Å². The molecule has 0 atom stereocenters. The molecule has 1 aromatic heterocycles. The monoisotopic (exact) mass is 311 g/mol. The summed E-state index contributed by atoms with van der Waals surface area (Å²) in [5.41, 5.74) is 0.795. The second-order valence-corrected chi connectivity index (χ2v) is 4.74. The Labute approximate surface area is 125 Å². The first-order valence-corrected chi connectivity index (χ1v) is 6.45. The largest absolute Gasteiger partial charge is 0.481 e. The summed E-state index contributed by atoms with van der Waals surface area (Å²) in [4.78, 5) is 19.8. The summed E-state index contributed by atoms with van der Waals surface area (Å²) < 4.78 is 4.95. The summed E-state index contributed by atoms with van der Waals surface area (Å²) in [5.74, 6) is 0.112. The molecule has 1 N–H and O–H groups in total. The van der Waals surface area contributed by atoms with Gasteiger partial charge < -0.3 is 4.74 Å². The number of nitrogens with zero attached hydrogens (tertiary/aromatic N) is 2. The molecule has 0 saturated carbocycles. The summed E-state index contributed by atoms with van der Waals surface area (Å²) >= 11 is 11.7. The highest BCUT2D eigenvalue weighted by Crippen LogP contribution is 2.16. The molecule has 0 spiro atoms. The van der Waals surface area contributed by atoms with Gasteiger partial charge in [0.25, 0.3) is 0 Å². The second-order valence-electron chi connectivity index (χ2n) is 3.91. The van der Waals surface area contributed by atoms with Gasteiger partial charge in [0, 0.05) is 11.1 Å². The fraction of sp³-hybridized carbons (Fsp3) is 0.154. The van der Waals surface area contributed by atoms with Gasteiger partial charge in [-0.3, -0.25) is 10.1 Å². The van der Waals surface area contributed by atoms with E-state index in [2.05, 4.69) is 15.3 Å². The minimum absolute atomic E-state index is 0.0985. The average molecular weight is 312 g/mol. The third-order valence-electron chi connectivity index (χ3n) is 2.39. The van der Waals surface area contributed by atoms with Crippen molar-refractivity contribution in [1.82, 2.24) is 9.97 Å². The summed E-state index contributed by atoms with van der Waals surface area (Å²) in [7, 11) is 1.45. The van der Waals surface area contributed by atoms with Crippen LogP contribution >= 0.6 is 23.2 Å². The first-order valence-electron chi connectivity index (χ1n) is 5.69. The van der Waals surface area contributed by atoms with Crippen LogP contribution in [0.1, 0.15) is 5.56 Å². The lowest BCUT2D eigenvalue weighted by Crippen LogP contribution is -2.16. The zero-order valence-corrected chi connectivity index (χ0v) is 12.1. The van der Waals surface area contributed by atoms with Crippen molar-refractivity contribution >= 4 is 35.1 Å². The minimum Gasteiger partial charge on any atom is -0.481 e. The first kappa shape index (κ1) is 14.6. The number of ether oxygens (including phenoxy) is 1. The lowest BCUT2D eigenvalue weighted by Gasteiger charge is -2.06. The van der Waals surface area contributed by atoms with Crippen LogP contribution in [0.3, 0.4) is 0 Å². The molecule has 0 fully saturated rings. The van der Waals surface area contributed by atoms with Gasteiger partial charge in [0.05, 0.1) is 13.5 Å². The van der Waals surface area contributed by atoms with Gasteiger partial charge in [0.2, 0.25) is 17.7 Å². The van der Waals surface area contributed by atoms with E-state index in [0.29, 0.717) is 5.02 Å². The van der Waals surface area contributed by atoms with Crippen molar-refractivity contribution in [3.8, 4) is 5.88 Å². The Bertz CT molecular complexity index is 635. The fourth-order valence-electron chi connectivity index (χ4n) is 1.56. The second kappa shape index (κ2) is 6.54. The van der Waals surface area contributed by atoms with Crippen LogP contribution in [-0.4, -0.2) is 23.0 Å². The molecule has 5 nitrogen and oxygen atoms in total. The number of hydrogen-bond acceptors (Lipinski definition) is 4. The Balaban J connectivity index is 2.06. The molecule has 2 aromatic rings.